The van der Waals surface area contributed by atoms with Crippen LogP contribution in [0.2, 0.25) is 0 Å². The smallest absolute Gasteiger partial charge is 0.316 e. The third kappa shape index (κ3) is 4.08. The number of thioether (sulfide) groups is 1. The Labute approximate surface area is 105 Å². The number of carboxylic acid groups (broad SMARTS) is 1. The predicted molar refractivity (Wildman–Crippen MR) is 66.5 cm³/mol. The van der Waals surface area contributed by atoms with Gasteiger partial charge in [-0.1, -0.05) is 13.8 Å². The van der Waals surface area contributed by atoms with Crippen LogP contribution in [0, 0.1) is 17.2 Å². The van der Waals surface area contributed by atoms with Crippen LogP contribution in [-0.4, -0.2) is 21.3 Å². The van der Waals surface area contributed by atoms with Gasteiger partial charge in [-0.3, -0.25) is 4.79 Å². The van der Waals surface area contributed by atoms with Crippen molar-refractivity contribution < 1.29 is 9.90 Å². The number of aliphatic carboxylic acids is 1. The molecule has 1 N–H and O–H groups in total. The number of aromatic nitrogens is 1. The van der Waals surface area contributed by atoms with Gasteiger partial charge >= 0.3 is 5.97 Å². The highest BCUT2D eigenvalue weighted by Gasteiger charge is 2.21. The summed E-state index contributed by atoms with van der Waals surface area (Å²) in [5, 5.41) is 17.3. The minimum atomic E-state index is -0.792. The van der Waals surface area contributed by atoms with Gasteiger partial charge in [0.15, 0.2) is 0 Å². The molecule has 0 saturated heterocycles. The fourth-order valence-corrected chi connectivity index (χ4v) is 2.44. The van der Waals surface area contributed by atoms with Gasteiger partial charge in [0.1, 0.15) is 17.0 Å². The molecule has 5 heteroatoms. The van der Waals surface area contributed by atoms with Crippen molar-refractivity contribution in [1.82, 2.24) is 4.98 Å². The molecular formula is C12H14N2O2S. The number of rotatable bonds is 5. The van der Waals surface area contributed by atoms with Gasteiger partial charge in [0.05, 0.1) is 0 Å². The first kappa shape index (κ1) is 13.5. The van der Waals surface area contributed by atoms with Crippen LogP contribution in [-0.2, 0) is 10.5 Å². The lowest BCUT2D eigenvalue weighted by Gasteiger charge is -2.15. The lowest BCUT2D eigenvalue weighted by atomic mass is 10.1. The van der Waals surface area contributed by atoms with Crippen LogP contribution in [0.15, 0.2) is 18.3 Å². The molecule has 4 nitrogen and oxygen atoms in total. The molecule has 90 valence electrons. The van der Waals surface area contributed by atoms with E-state index in [0.29, 0.717) is 11.4 Å². The summed E-state index contributed by atoms with van der Waals surface area (Å²) in [6, 6.07) is 5.45. The van der Waals surface area contributed by atoms with Gasteiger partial charge in [-0.15, -0.1) is 11.8 Å². The van der Waals surface area contributed by atoms with E-state index in [1.165, 1.54) is 11.8 Å². The van der Waals surface area contributed by atoms with Crippen LogP contribution in [0.25, 0.3) is 0 Å². The molecule has 1 aromatic heterocycles. The Morgan fingerprint density at radius 3 is 2.88 bits per heavy atom. The fourth-order valence-electron chi connectivity index (χ4n) is 1.36. The van der Waals surface area contributed by atoms with E-state index in [4.69, 9.17) is 10.4 Å². The van der Waals surface area contributed by atoms with Gasteiger partial charge in [0, 0.05) is 11.9 Å². The van der Waals surface area contributed by atoms with Crippen LogP contribution in [0.3, 0.4) is 0 Å². The molecule has 0 aromatic carbocycles. The van der Waals surface area contributed by atoms with Crippen molar-refractivity contribution >= 4 is 17.7 Å². The van der Waals surface area contributed by atoms with Gasteiger partial charge in [-0.05, 0) is 23.6 Å². The van der Waals surface area contributed by atoms with E-state index in [1.807, 2.05) is 19.9 Å². The van der Waals surface area contributed by atoms with E-state index in [2.05, 4.69) is 4.98 Å². The minimum absolute atomic E-state index is 0.0785. The van der Waals surface area contributed by atoms with E-state index < -0.39 is 11.2 Å². The lowest BCUT2D eigenvalue weighted by molar-refractivity contribution is -0.137. The van der Waals surface area contributed by atoms with E-state index in [0.717, 1.165) is 5.56 Å². The number of hydrogen-bond donors (Lipinski definition) is 1. The monoisotopic (exact) mass is 250 g/mol. The SMILES string of the molecule is CC(C)C(SCc1ccnc(C#N)c1)C(=O)O. The summed E-state index contributed by atoms with van der Waals surface area (Å²) >= 11 is 1.37. The summed E-state index contributed by atoms with van der Waals surface area (Å²) < 4.78 is 0. The number of carbonyl (C=O) groups is 1. The second-order valence-electron chi connectivity index (χ2n) is 3.97. The second kappa shape index (κ2) is 6.26. The third-order valence-electron chi connectivity index (χ3n) is 2.22. The zero-order valence-corrected chi connectivity index (χ0v) is 10.6. The van der Waals surface area contributed by atoms with Crippen LogP contribution in [0.5, 0.6) is 0 Å². The molecule has 0 radical (unpaired) electrons. The van der Waals surface area contributed by atoms with Crippen molar-refractivity contribution in [1.29, 1.82) is 5.26 Å². The first-order valence-electron chi connectivity index (χ1n) is 5.24. The standard InChI is InChI=1S/C12H14N2O2S/c1-8(2)11(12(15)16)17-7-9-3-4-14-10(5-9)6-13/h3-5,8,11H,7H2,1-2H3,(H,15,16). The molecular weight excluding hydrogens is 236 g/mol. The third-order valence-corrected chi connectivity index (χ3v) is 3.82. The summed E-state index contributed by atoms with van der Waals surface area (Å²) in [7, 11) is 0. The number of pyridine rings is 1. The Bertz CT molecular complexity index is 440. The van der Waals surface area contributed by atoms with Crippen LogP contribution < -0.4 is 0 Å². The number of hydrogen-bond acceptors (Lipinski definition) is 4. The van der Waals surface area contributed by atoms with E-state index in [1.54, 1.807) is 18.3 Å². The molecule has 0 spiro atoms. The van der Waals surface area contributed by atoms with Gasteiger partial charge in [-0.25, -0.2) is 4.98 Å². The molecule has 0 amide bonds. The van der Waals surface area contributed by atoms with Crippen molar-refractivity contribution in [2.24, 2.45) is 5.92 Å². The van der Waals surface area contributed by atoms with Crippen LogP contribution >= 0.6 is 11.8 Å². The van der Waals surface area contributed by atoms with Gasteiger partial charge < -0.3 is 5.11 Å². The zero-order chi connectivity index (χ0) is 12.8. The molecule has 1 aromatic rings. The van der Waals surface area contributed by atoms with Crippen molar-refractivity contribution in [2.45, 2.75) is 24.9 Å². The maximum absolute atomic E-state index is 11.0. The number of nitrogens with zero attached hydrogens (tertiary/aromatic N) is 2. The van der Waals surface area contributed by atoms with Crippen molar-refractivity contribution in [3.05, 3.63) is 29.6 Å². The summed E-state index contributed by atoms with van der Waals surface area (Å²) in [6.45, 7) is 3.78. The number of carboxylic acids is 1. The van der Waals surface area contributed by atoms with Crippen LogP contribution in [0.4, 0.5) is 0 Å². The molecule has 1 unspecified atom stereocenters. The van der Waals surface area contributed by atoms with Crippen molar-refractivity contribution in [3.63, 3.8) is 0 Å². The minimum Gasteiger partial charge on any atom is -0.480 e. The molecule has 0 fully saturated rings. The number of nitriles is 1. The van der Waals surface area contributed by atoms with E-state index in [-0.39, 0.29) is 5.92 Å². The summed E-state index contributed by atoms with van der Waals surface area (Å²) in [5.41, 5.74) is 1.29. The maximum atomic E-state index is 11.0. The maximum Gasteiger partial charge on any atom is 0.316 e. The topological polar surface area (TPSA) is 74.0 Å². The Kier molecular flexibility index (Phi) is 4.98. The summed E-state index contributed by atoms with van der Waals surface area (Å²) in [6.07, 6.45) is 1.57. The molecule has 0 aliphatic heterocycles. The van der Waals surface area contributed by atoms with E-state index >= 15 is 0 Å². The molecule has 0 saturated carbocycles. The highest BCUT2D eigenvalue weighted by Crippen LogP contribution is 2.23. The highest BCUT2D eigenvalue weighted by molar-refractivity contribution is 7.99. The molecule has 17 heavy (non-hydrogen) atoms. The van der Waals surface area contributed by atoms with Gasteiger partial charge in [0.2, 0.25) is 0 Å². The molecule has 1 rings (SSSR count). The first-order chi connectivity index (χ1) is 8.04. The Hall–Kier alpha value is -1.54. The van der Waals surface area contributed by atoms with E-state index in [9.17, 15) is 4.79 Å². The molecule has 1 atom stereocenters. The molecule has 0 aliphatic rings. The zero-order valence-electron chi connectivity index (χ0n) is 9.75. The predicted octanol–water partition coefficient (Wildman–Crippen LogP) is 2.30. The Balaban J connectivity index is 2.66. The fraction of sp³-hybridized carbons (Fsp3) is 0.417. The van der Waals surface area contributed by atoms with Gasteiger partial charge in [-0.2, -0.15) is 5.26 Å². The molecule has 1 heterocycles. The van der Waals surface area contributed by atoms with Gasteiger partial charge in [0.25, 0.3) is 0 Å². The highest BCUT2D eigenvalue weighted by atomic mass is 32.2. The quantitative estimate of drug-likeness (QED) is 0.867. The normalized spacial score (nSPS) is 12.1. The Morgan fingerprint density at radius 1 is 1.65 bits per heavy atom. The summed E-state index contributed by atoms with van der Waals surface area (Å²) in [5.74, 6) is -0.138. The molecule has 0 aliphatic carbocycles. The van der Waals surface area contributed by atoms with Crippen molar-refractivity contribution in [3.8, 4) is 6.07 Å². The van der Waals surface area contributed by atoms with Crippen LogP contribution in [0.1, 0.15) is 25.1 Å². The van der Waals surface area contributed by atoms with Crippen molar-refractivity contribution in [2.75, 3.05) is 0 Å². The largest absolute Gasteiger partial charge is 0.480 e. The first-order valence-corrected chi connectivity index (χ1v) is 6.29. The lowest BCUT2D eigenvalue weighted by Crippen LogP contribution is -2.22. The molecule has 0 bridgehead atoms. The average molecular weight is 250 g/mol. The summed E-state index contributed by atoms with van der Waals surface area (Å²) in [4.78, 5) is 14.9. The average Bonchev–Trinajstić information content (AvgIpc) is 2.28. The Morgan fingerprint density at radius 2 is 2.35 bits per heavy atom. The second-order valence-corrected chi connectivity index (χ2v) is 5.10.